The lowest BCUT2D eigenvalue weighted by atomic mass is 10.1. The van der Waals surface area contributed by atoms with Gasteiger partial charge in [-0.2, -0.15) is 0 Å². The summed E-state index contributed by atoms with van der Waals surface area (Å²) in [6.07, 6.45) is 2.60. The molecule has 0 aliphatic heterocycles. The molecule has 106 valence electrons. The first-order valence-electron chi connectivity index (χ1n) is 7.11. The molecule has 0 atom stereocenters. The summed E-state index contributed by atoms with van der Waals surface area (Å²) in [4.78, 5) is 18.1. The van der Waals surface area contributed by atoms with E-state index >= 15 is 0 Å². The summed E-state index contributed by atoms with van der Waals surface area (Å²) < 4.78 is 0. The Kier molecular flexibility index (Phi) is 4.93. The van der Waals surface area contributed by atoms with Gasteiger partial charge in [0.05, 0.1) is 5.52 Å². The van der Waals surface area contributed by atoms with Gasteiger partial charge in [0.1, 0.15) is 0 Å². The van der Waals surface area contributed by atoms with Crippen molar-refractivity contribution >= 4 is 16.9 Å². The van der Waals surface area contributed by atoms with Crippen LogP contribution in [-0.2, 0) is 6.42 Å². The molecule has 20 heavy (non-hydrogen) atoms. The number of amides is 2. The first-order valence-corrected chi connectivity index (χ1v) is 7.11. The number of pyridine rings is 1. The maximum atomic E-state index is 11.9. The number of nitrogens with one attached hydrogen (secondary N) is 1. The molecule has 0 spiro atoms. The molecule has 0 unspecified atom stereocenters. The fourth-order valence-electron chi connectivity index (χ4n) is 2.30. The number of urea groups is 1. The number of benzene rings is 1. The Balaban J connectivity index is 1.98. The number of hydrogen-bond donors (Lipinski definition) is 1. The predicted octanol–water partition coefficient (Wildman–Crippen LogP) is 2.83. The van der Waals surface area contributed by atoms with Crippen LogP contribution in [-0.4, -0.2) is 35.5 Å². The van der Waals surface area contributed by atoms with Gasteiger partial charge in [-0.25, -0.2) is 4.79 Å². The maximum absolute atomic E-state index is 11.9. The third kappa shape index (κ3) is 3.26. The van der Waals surface area contributed by atoms with Gasteiger partial charge in [-0.3, -0.25) is 4.98 Å². The molecule has 2 amide bonds. The number of nitrogens with zero attached hydrogens (tertiary/aromatic N) is 2. The smallest absolute Gasteiger partial charge is 0.317 e. The van der Waals surface area contributed by atoms with Crippen molar-refractivity contribution in [2.45, 2.75) is 20.3 Å². The number of carbonyl (C=O) groups excluding carboxylic acids is 1. The lowest BCUT2D eigenvalue weighted by Crippen LogP contribution is -2.40. The van der Waals surface area contributed by atoms with Gasteiger partial charge in [-0.05, 0) is 31.9 Å². The van der Waals surface area contributed by atoms with E-state index in [4.69, 9.17) is 0 Å². The van der Waals surface area contributed by atoms with Crippen molar-refractivity contribution in [1.82, 2.24) is 15.2 Å². The van der Waals surface area contributed by atoms with Crippen LogP contribution in [0.2, 0.25) is 0 Å². The van der Waals surface area contributed by atoms with Crippen molar-refractivity contribution < 1.29 is 4.79 Å². The highest BCUT2D eigenvalue weighted by Gasteiger charge is 2.08. The van der Waals surface area contributed by atoms with Crippen molar-refractivity contribution in [3.63, 3.8) is 0 Å². The Bertz CT molecular complexity index is 573. The zero-order valence-electron chi connectivity index (χ0n) is 12.1. The summed E-state index contributed by atoms with van der Waals surface area (Å²) >= 11 is 0. The minimum Gasteiger partial charge on any atom is -0.338 e. The molecule has 0 saturated heterocycles. The monoisotopic (exact) mass is 271 g/mol. The van der Waals surface area contributed by atoms with Gasteiger partial charge in [0.25, 0.3) is 0 Å². The molecule has 1 N–H and O–H groups in total. The van der Waals surface area contributed by atoms with Crippen LogP contribution in [0.3, 0.4) is 0 Å². The predicted molar refractivity (Wildman–Crippen MR) is 81.8 cm³/mol. The molecule has 0 aliphatic carbocycles. The minimum absolute atomic E-state index is 0.00296. The normalized spacial score (nSPS) is 10.5. The van der Waals surface area contributed by atoms with E-state index in [2.05, 4.69) is 28.5 Å². The molecule has 0 fully saturated rings. The van der Waals surface area contributed by atoms with Crippen LogP contribution >= 0.6 is 0 Å². The molecule has 4 heteroatoms. The molecule has 0 aliphatic rings. The quantitative estimate of drug-likeness (QED) is 0.909. The summed E-state index contributed by atoms with van der Waals surface area (Å²) in [7, 11) is 0. The summed E-state index contributed by atoms with van der Waals surface area (Å²) in [5.74, 6) is 0. The molecule has 0 radical (unpaired) electrons. The highest BCUT2D eigenvalue weighted by Crippen LogP contribution is 2.15. The van der Waals surface area contributed by atoms with Gasteiger partial charge in [-0.1, -0.05) is 24.3 Å². The summed E-state index contributed by atoms with van der Waals surface area (Å²) in [5.41, 5.74) is 2.19. The molecule has 4 nitrogen and oxygen atoms in total. The van der Waals surface area contributed by atoms with Crippen molar-refractivity contribution in [1.29, 1.82) is 0 Å². The number of para-hydroxylation sites is 1. The average molecular weight is 271 g/mol. The lowest BCUT2D eigenvalue weighted by Gasteiger charge is -2.19. The Labute approximate surface area is 119 Å². The first kappa shape index (κ1) is 14.3. The number of carbonyl (C=O) groups is 1. The van der Waals surface area contributed by atoms with Crippen LogP contribution in [0, 0.1) is 0 Å². The summed E-state index contributed by atoms with van der Waals surface area (Å²) in [6, 6.07) is 10.2. The van der Waals surface area contributed by atoms with Crippen LogP contribution in [0.5, 0.6) is 0 Å². The van der Waals surface area contributed by atoms with Crippen molar-refractivity contribution in [3.8, 4) is 0 Å². The first-order chi connectivity index (χ1) is 9.76. The molecule has 0 saturated carbocycles. The van der Waals surface area contributed by atoms with Crippen molar-refractivity contribution in [3.05, 3.63) is 42.1 Å². The molecular weight excluding hydrogens is 250 g/mol. The highest BCUT2D eigenvalue weighted by molar-refractivity contribution is 5.81. The number of aromatic nitrogens is 1. The molecule has 2 aromatic rings. The van der Waals surface area contributed by atoms with Gasteiger partial charge < -0.3 is 10.2 Å². The zero-order valence-corrected chi connectivity index (χ0v) is 12.1. The van der Waals surface area contributed by atoms with Crippen LogP contribution in [0.25, 0.3) is 10.9 Å². The largest absolute Gasteiger partial charge is 0.338 e. The van der Waals surface area contributed by atoms with Gasteiger partial charge in [0.15, 0.2) is 0 Å². The third-order valence-corrected chi connectivity index (χ3v) is 3.44. The molecular formula is C16H21N3O. The molecule has 1 heterocycles. The summed E-state index contributed by atoms with van der Waals surface area (Å²) in [6.45, 7) is 6.07. The molecule has 1 aromatic heterocycles. The van der Waals surface area contributed by atoms with E-state index in [9.17, 15) is 4.79 Å². The SMILES string of the molecule is CCN(CC)C(=O)NCCc1cccc2cccnc12. The zero-order chi connectivity index (χ0) is 14.4. The Morgan fingerprint density at radius 1 is 1.20 bits per heavy atom. The van der Waals surface area contributed by atoms with E-state index < -0.39 is 0 Å². The fourth-order valence-corrected chi connectivity index (χ4v) is 2.30. The standard InChI is InChI=1S/C16H21N3O/c1-3-19(4-2)16(20)18-12-10-14-8-5-7-13-9-6-11-17-15(13)14/h5-9,11H,3-4,10,12H2,1-2H3,(H,18,20). The topological polar surface area (TPSA) is 45.2 Å². The van der Waals surface area contributed by atoms with E-state index in [0.29, 0.717) is 6.54 Å². The van der Waals surface area contributed by atoms with Crippen LogP contribution in [0.1, 0.15) is 19.4 Å². The van der Waals surface area contributed by atoms with Crippen molar-refractivity contribution in [2.75, 3.05) is 19.6 Å². The second-order valence-electron chi connectivity index (χ2n) is 4.65. The van der Waals surface area contributed by atoms with Gasteiger partial charge in [0.2, 0.25) is 0 Å². The average Bonchev–Trinajstić information content (AvgIpc) is 2.49. The number of fused-ring (bicyclic) bond motifs is 1. The number of rotatable bonds is 5. The Morgan fingerprint density at radius 2 is 1.95 bits per heavy atom. The van der Waals surface area contributed by atoms with E-state index in [1.54, 1.807) is 11.1 Å². The van der Waals surface area contributed by atoms with Gasteiger partial charge >= 0.3 is 6.03 Å². The Morgan fingerprint density at radius 3 is 2.70 bits per heavy atom. The third-order valence-electron chi connectivity index (χ3n) is 3.44. The second-order valence-corrected chi connectivity index (χ2v) is 4.65. The lowest BCUT2D eigenvalue weighted by molar-refractivity contribution is 0.203. The second kappa shape index (κ2) is 6.89. The molecule has 2 rings (SSSR count). The fraction of sp³-hybridized carbons (Fsp3) is 0.375. The van der Waals surface area contributed by atoms with Crippen LogP contribution in [0.4, 0.5) is 4.79 Å². The Hall–Kier alpha value is -2.10. The van der Waals surface area contributed by atoms with E-state index in [0.717, 1.165) is 30.4 Å². The molecule has 0 bridgehead atoms. The van der Waals surface area contributed by atoms with E-state index in [1.807, 2.05) is 26.0 Å². The van der Waals surface area contributed by atoms with E-state index in [1.165, 1.54) is 5.56 Å². The molecule has 1 aromatic carbocycles. The highest BCUT2D eigenvalue weighted by atomic mass is 16.2. The van der Waals surface area contributed by atoms with Gasteiger partial charge in [-0.15, -0.1) is 0 Å². The summed E-state index contributed by atoms with van der Waals surface area (Å²) in [5, 5.41) is 4.10. The van der Waals surface area contributed by atoms with Crippen molar-refractivity contribution in [2.24, 2.45) is 0 Å². The van der Waals surface area contributed by atoms with Crippen LogP contribution < -0.4 is 5.32 Å². The van der Waals surface area contributed by atoms with Crippen LogP contribution in [0.15, 0.2) is 36.5 Å². The van der Waals surface area contributed by atoms with Gasteiger partial charge in [0, 0.05) is 31.2 Å². The number of hydrogen-bond acceptors (Lipinski definition) is 2. The van der Waals surface area contributed by atoms with E-state index in [-0.39, 0.29) is 6.03 Å². The minimum atomic E-state index is 0.00296. The maximum Gasteiger partial charge on any atom is 0.317 e.